The van der Waals surface area contributed by atoms with E-state index in [0.29, 0.717) is 23.1 Å². The predicted octanol–water partition coefficient (Wildman–Crippen LogP) is 3.60. The lowest BCUT2D eigenvalue weighted by Crippen LogP contribution is -2.31. The van der Waals surface area contributed by atoms with Crippen molar-refractivity contribution in [1.82, 2.24) is 15.3 Å². The molecule has 0 bridgehead atoms. The van der Waals surface area contributed by atoms with E-state index in [1.807, 2.05) is 30.3 Å². The highest BCUT2D eigenvalue weighted by Crippen LogP contribution is 2.26. The van der Waals surface area contributed by atoms with Gasteiger partial charge in [0, 0.05) is 24.7 Å². The topological polar surface area (TPSA) is 96.4 Å². The molecule has 2 atom stereocenters. The Morgan fingerprint density at radius 1 is 1.17 bits per heavy atom. The Kier molecular flexibility index (Phi) is 6.61. The molecule has 7 heteroatoms. The fraction of sp³-hybridized carbons (Fsp3) is 0.318. The number of carbonyl (C=O) groups excluding carboxylic acids is 1. The van der Waals surface area contributed by atoms with Crippen molar-refractivity contribution in [2.24, 2.45) is 5.92 Å². The van der Waals surface area contributed by atoms with Crippen LogP contribution in [0.4, 0.5) is 5.82 Å². The van der Waals surface area contributed by atoms with Gasteiger partial charge in [0.2, 0.25) is 0 Å². The van der Waals surface area contributed by atoms with Gasteiger partial charge in [-0.05, 0) is 42.3 Å². The fourth-order valence-electron chi connectivity index (χ4n) is 2.95. The summed E-state index contributed by atoms with van der Waals surface area (Å²) in [6.07, 6.45) is 2.51. The second-order valence-corrected chi connectivity index (χ2v) is 6.93. The van der Waals surface area contributed by atoms with Crippen molar-refractivity contribution in [3.63, 3.8) is 0 Å². The number of pyridine rings is 2. The zero-order chi connectivity index (χ0) is 20.8. The van der Waals surface area contributed by atoms with Crippen molar-refractivity contribution in [3.8, 4) is 11.5 Å². The Balaban J connectivity index is 1.78. The molecule has 0 radical (unpaired) electrons. The fourth-order valence-corrected chi connectivity index (χ4v) is 2.95. The van der Waals surface area contributed by atoms with Gasteiger partial charge in [-0.25, -0.2) is 4.98 Å². The van der Waals surface area contributed by atoms with Crippen LogP contribution in [0.15, 0.2) is 48.7 Å². The van der Waals surface area contributed by atoms with Gasteiger partial charge in [0.05, 0.1) is 18.2 Å². The van der Waals surface area contributed by atoms with Crippen molar-refractivity contribution in [2.45, 2.75) is 26.3 Å². The number of benzene rings is 1. The number of rotatable bonds is 8. The molecule has 0 unspecified atom stereocenters. The maximum atomic E-state index is 11.7. The van der Waals surface area contributed by atoms with Crippen LogP contribution in [0.2, 0.25) is 0 Å². The quantitative estimate of drug-likeness (QED) is 0.540. The van der Waals surface area contributed by atoms with E-state index >= 15 is 0 Å². The molecule has 1 aromatic carbocycles. The van der Waals surface area contributed by atoms with E-state index in [2.05, 4.69) is 34.4 Å². The molecule has 3 aromatic rings. The zero-order valence-corrected chi connectivity index (χ0v) is 16.8. The first-order chi connectivity index (χ1) is 14.0. The number of anilines is 1. The molecule has 7 nitrogen and oxygen atoms in total. The lowest BCUT2D eigenvalue weighted by Gasteiger charge is -2.22. The van der Waals surface area contributed by atoms with Gasteiger partial charge in [-0.15, -0.1) is 0 Å². The Morgan fingerprint density at radius 2 is 1.97 bits per heavy atom. The van der Waals surface area contributed by atoms with Gasteiger partial charge in [-0.1, -0.05) is 20.3 Å². The van der Waals surface area contributed by atoms with Crippen molar-refractivity contribution >= 4 is 22.6 Å². The molecule has 29 heavy (non-hydrogen) atoms. The molecular weight excluding hydrogens is 368 g/mol. The second-order valence-electron chi connectivity index (χ2n) is 6.93. The average molecular weight is 394 g/mol. The van der Waals surface area contributed by atoms with Crippen LogP contribution in [0.1, 0.15) is 30.8 Å². The van der Waals surface area contributed by atoms with Gasteiger partial charge in [0.15, 0.2) is 0 Å². The van der Waals surface area contributed by atoms with Gasteiger partial charge in [-0.3, -0.25) is 9.78 Å². The predicted molar refractivity (Wildman–Crippen MR) is 113 cm³/mol. The standard InChI is InChI=1S/C22H26N4O3/c1-4-14(2)20(13-27)26-21-8-5-15-11-16(6-7-18(15)25-21)29-17-9-10-24-19(12-17)22(28)23-3/h5-12,14,20,27H,4,13H2,1-3H3,(H,23,28)(H,25,26)/t14-,20-/m1/s1. The number of ether oxygens (including phenoxy) is 1. The minimum absolute atomic E-state index is 0.0336. The number of nitrogens with zero attached hydrogens (tertiary/aromatic N) is 2. The molecule has 0 saturated carbocycles. The van der Waals surface area contributed by atoms with Crippen LogP contribution < -0.4 is 15.4 Å². The zero-order valence-electron chi connectivity index (χ0n) is 16.8. The van der Waals surface area contributed by atoms with Crippen LogP contribution in [-0.4, -0.2) is 40.7 Å². The molecule has 2 aromatic heterocycles. The molecule has 0 aliphatic rings. The highest BCUT2D eigenvalue weighted by molar-refractivity contribution is 5.92. The summed E-state index contributed by atoms with van der Waals surface area (Å²) in [4.78, 5) is 20.4. The molecule has 0 aliphatic heterocycles. The Labute approximate surface area is 170 Å². The van der Waals surface area contributed by atoms with E-state index in [9.17, 15) is 9.90 Å². The van der Waals surface area contributed by atoms with E-state index in [4.69, 9.17) is 4.74 Å². The van der Waals surface area contributed by atoms with E-state index in [0.717, 1.165) is 23.1 Å². The highest BCUT2D eigenvalue weighted by atomic mass is 16.5. The molecule has 1 amide bonds. The van der Waals surface area contributed by atoms with Gasteiger partial charge in [0.1, 0.15) is 23.0 Å². The SMILES string of the molecule is CC[C@@H](C)[C@@H](CO)Nc1ccc2cc(Oc3ccnc(C(=O)NC)c3)ccc2n1. The van der Waals surface area contributed by atoms with Gasteiger partial charge in [-0.2, -0.15) is 0 Å². The summed E-state index contributed by atoms with van der Waals surface area (Å²) < 4.78 is 5.88. The van der Waals surface area contributed by atoms with Gasteiger partial charge < -0.3 is 20.5 Å². The number of nitrogens with one attached hydrogen (secondary N) is 2. The molecule has 0 fully saturated rings. The summed E-state index contributed by atoms with van der Waals surface area (Å²) in [6, 6.07) is 12.7. The molecule has 0 spiro atoms. The average Bonchev–Trinajstić information content (AvgIpc) is 2.76. The van der Waals surface area contributed by atoms with Crippen molar-refractivity contribution < 1.29 is 14.6 Å². The molecule has 0 aliphatic carbocycles. The smallest absolute Gasteiger partial charge is 0.269 e. The van der Waals surface area contributed by atoms with Crippen LogP contribution in [-0.2, 0) is 0 Å². The summed E-state index contributed by atoms with van der Waals surface area (Å²) in [7, 11) is 1.56. The number of carbonyl (C=O) groups is 1. The Morgan fingerprint density at radius 3 is 2.69 bits per heavy atom. The molecule has 3 rings (SSSR count). The monoisotopic (exact) mass is 394 g/mol. The van der Waals surface area contributed by atoms with Crippen LogP contribution >= 0.6 is 0 Å². The van der Waals surface area contributed by atoms with Gasteiger partial charge in [0.25, 0.3) is 5.91 Å². The minimum Gasteiger partial charge on any atom is -0.457 e. The number of hydrogen-bond acceptors (Lipinski definition) is 6. The van der Waals surface area contributed by atoms with E-state index in [1.54, 1.807) is 19.2 Å². The van der Waals surface area contributed by atoms with Crippen LogP contribution in [0.25, 0.3) is 10.9 Å². The number of aromatic nitrogens is 2. The number of hydrogen-bond donors (Lipinski definition) is 3. The summed E-state index contributed by atoms with van der Waals surface area (Å²) >= 11 is 0. The lowest BCUT2D eigenvalue weighted by atomic mass is 10.00. The number of amides is 1. The Hall–Kier alpha value is -3.19. The summed E-state index contributed by atoms with van der Waals surface area (Å²) in [5.74, 6) is 1.98. The molecule has 2 heterocycles. The normalized spacial score (nSPS) is 13.0. The second kappa shape index (κ2) is 9.34. The van der Waals surface area contributed by atoms with Gasteiger partial charge >= 0.3 is 0 Å². The first-order valence-electron chi connectivity index (χ1n) is 9.68. The number of fused-ring (bicyclic) bond motifs is 1. The highest BCUT2D eigenvalue weighted by Gasteiger charge is 2.15. The van der Waals surface area contributed by atoms with Crippen molar-refractivity contribution in [1.29, 1.82) is 0 Å². The van der Waals surface area contributed by atoms with E-state index < -0.39 is 0 Å². The third-order valence-corrected chi connectivity index (χ3v) is 4.95. The van der Waals surface area contributed by atoms with Crippen molar-refractivity contribution in [3.05, 3.63) is 54.4 Å². The van der Waals surface area contributed by atoms with Crippen LogP contribution in [0.3, 0.4) is 0 Å². The summed E-state index contributed by atoms with van der Waals surface area (Å²) in [5.41, 5.74) is 1.12. The third kappa shape index (κ3) is 5.00. The van der Waals surface area contributed by atoms with E-state index in [-0.39, 0.29) is 18.6 Å². The molecule has 0 saturated heterocycles. The first kappa shape index (κ1) is 20.5. The van der Waals surface area contributed by atoms with E-state index in [1.165, 1.54) is 6.20 Å². The first-order valence-corrected chi connectivity index (χ1v) is 9.68. The van der Waals surface area contributed by atoms with Crippen LogP contribution in [0, 0.1) is 5.92 Å². The molecule has 152 valence electrons. The van der Waals surface area contributed by atoms with Crippen molar-refractivity contribution in [2.75, 3.05) is 19.0 Å². The van der Waals surface area contributed by atoms with Crippen LogP contribution in [0.5, 0.6) is 11.5 Å². The summed E-state index contributed by atoms with van der Waals surface area (Å²) in [5, 5.41) is 16.4. The minimum atomic E-state index is -0.267. The largest absolute Gasteiger partial charge is 0.457 e. The summed E-state index contributed by atoms with van der Waals surface area (Å²) in [6.45, 7) is 4.27. The third-order valence-electron chi connectivity index (χ3n) is 4.95. The molecular formula is C22H26N4O3. The maximum absolute atomic E-state index is 11.7. The maximum Gasteiger partial charge on any atom is 0.269 e. The molecule has 3 N–H and O–H groups in total. The number of aliphatic hydroxyl groups is 1. The Bertz CT molecular complexity index is 993. The lowest BCUT2D eigenvalue weighted by molar-refractivity contribution is 0.0958. The number of aliphatic hydroxyl groups excluding tert-OH is 1.